The van der Waals surface area contributed by atoms with Crippen LogP contribution in [0, 0.1) is 0 Å². The summed E-state index contributed by atoms with van der Waals surface area (Å²) in [7, 11) is -1.95. The van der Waals surface area contributed by atoms with E-state index in [2.05, 4.69) is 14.0 Å². The molecule has 0 amide bonds. The van der Waals surface area contributed by atoms with Crippen molar-refractivity contribution in [1.29, 1.82) is 0 Å². The number of unbranched alkanes of at least 4 members (excludes halogenated alkanes) is 14. The topological polar surface area (TPSA) is 58.6 Å². The Morgan fingerprint density at radius 3 is 1.58 bits per heavy atom. The van der Waals surface area contributed by atoms with Gasteiger partial charge in [0.05, 0.1) is 26.7 Å². The summed E-state index contributed by atoms with van der Waals surface area (Å²) in [5, 5.41) is 0. The van der Waals surface area contributed by atoms with Crippen molar-refractivity contribution in [2.45, 2.75) is 122 Å². The second-order valence-electron chi connectivity index (χ2n) is 9.91. The average Bonchev–Trinajstić information content (AvgIpc) is 2.73. The van der Waals surface area contributed by atoms with Gasteiger partial charge in [0.25, 0.3) is 7.82 Å². The number of phosphoric ester groups is 1. The van der Waals surface area contributed by atoms with Gasteiger partial charge in [-0.3, -0.25) is 4.57 Å². The Morgan fingerprint density at radius 1 is 0.677 bits per heavy atom. The lowest BCUT2D eigenvalue weighted by atomic mass is 10.0. The number of piperidine rings is 1. The zero-order valence-electron chi connectivity index (χ0n) is 20.8. The zero-order valence-corrected chi connectivity index (χ0v) is 21.7. The van der Waals surface area contributed by atoms with Crippen molar-refractivity contribution in [3.63, 3.8) is 0 Å². The molecular weight excluding hydrogens is 409 g/mol. The maximum Gasteiger partial charge on any atom is 0.268 e. The minimum absolute atomic E-state index is 0.232. The molecule has 0 aromatic carbocycles. The van der Waals surface area contributed by atoms with Crippen LogP contribution in [-0.4, -0.2) is 44.4 Å². The first kappa shape index (κ1) is 29.1. The Morgan fingerprint density at radius 2 is 1.10 bits per heavy atom. The van der Waals surface area contributed by atoms with Crippen LogP contribution in [0.25, 0.3) is 0 Å². The molecule has 0 bridgehead atoms. The summed E-state index contributed by atoms with van der Waals surface area (Å²) < 4.78 is 22.9. The van der Waals surface area contributed by atoms with E-state index >= 15 is 0 Å². The molecule has 0 N–H and O–H groups in total. The monoisotopic (exact) mass is 461 g/mol. The number of phosphoric acid groups is 1. The highest BCUT2D eigenvalue weighted by atomic mass is 31.2. The van der Waals surface area contributed by atoms with Crippen LogP contribution in [-0.2, 0) is 13.6 Å². The van der Waals surface area contributed by atoms with Crippen LogP contribution in [0.1, 0.15) is 122 Å². The number of hydrogen-bond acceptors (Lipinski definition) is 4. The fourth-order valence-electron chi connectivity index (χ4n) is 4.56. The third-order valence-corrected chi connectivity index (χ3v) is 7.77. The minimum atomic E-state index is -4.14. The largest absolute Gasteiger partial charge is 0.756 e. The summed E-state index contributed by atoms with van der Waals surface area (Å²) in [6, 6.07) is 0. The Labute approximate surface area is 193 Å². The SMILES string of the molecule is CCCCCCCCCCCCCCCCCOP(=O)([O-])OCC[N+]1(C)CCCCC1. The molecule has 5 nitrogen and oxygen atoms in total. The summed E-state index contributed by atoms with van der Waals surface area (Å²) in [6.45, 7) is 5.74. The van der Waals surface area contributed by atoms with Crippen molar-refractivity contribution in [2.24, 2.45) is 0 Å². The average molecular weight is 462 g/mol. The van der Waals surface area contributed by atoms with Crippen LogP contribution in [0.5, 0.6) is 0 Å². The summed E-state index contributed by atoms with van der Waals surface area (Å²) in [5.74, 6) is 0. The first-order valence-electron chi connectivity index (χ1n) is 13.4. The molecule has 0 aromatic heterocycles. The molecule has 0 spiro atoms. The second-order valence-corrected chi connectivity index (χ2v) is 11.3. The number of nitrogens with zero attached hydrogens (tertiary/aromatic N) is 1. The quantitative estimate of drug-likeness (QED) is 0.105. The van der Waals surface area contributed by atoms with Crippen LogP contribution >= 0.6 is 7.82 Å². The lowest BCUT2D eigenvalue weighted by Gasteiger charge is -2.38. The standard InChI is InChI=1S/C25H52NO4P/c1-3-4-5-6-7-8-9-10-11-12-13-14-15-16-20-24-29-31(27,28)30-25-23-26(2)21-18-17-19-22-26/h3-25H2,1-2H3. The van der Waals surface area contributed by atoms with E-state index in [1.165, 1.54) is 103 Å². The summed E-state index contributed by atoms with van der Waals surface area (Å²) in [5.41, 5.74) is 0. The molecule has 1 aliphatic rings. The third-order valence-electron chi connectivity index (χ3n) is 6.77. The van der Waals surface area contributed by atoms with Crippen molar-refractivity contribution < 1.29 is 23.0 Å². The van der Waals surface area contributed by atoms with Gasteiger partial charge in [-0.1, -0.05) is 96.8 Å². The molecule has 1 heterocycles. The van der Waals surface area contributed by atoms with Crippen LogP contribution in [0.4, 0.5) is 0 Å². The highest BCUT2D eigenvalue weighted by Crippen LogP contribution is 2.38. The molecule has 1 aliphatic heterocycles. The molecule has 1 saturated heterocycles. The van der Waals surface area contributed by atoms with E-state index in [-0.39, 0.29) is 13.2 Å². The van der Waals surface area contributed by atoms with Crippen molar-refractivity contribution in [3.8, 4) is 0 Å². The van der Waals surface area contributed by atoms with Crippen molar-refractivity contribution >= 4 is 7.82 Å². The van der Waals surface area contributed by atoms with Gasteiger partial charge in [0.2, 0.25) is 0 Å². The van der Waals surface area contributed by atoms with E-state index in [0.29, 0.717) is 0 Å². The van der Waals surface area contributed by atoms with Gasteiger partial charge in [-0.05, 0) is 25.7 Å². The van der Waals surface area contributed by atoms with Gasteiger partial charge in [-0.25, -0.2) is 0 Å². The van der Waals surface area contributed by atoms with Gasteiger partial charge < -0.3 is 18.4 Å². The highest BCUT2D eigenvalue weighted by molar-refractivity contribution is 7.45. The van der Waals surface area contributed by atoms with Gasteiger partial charge in [0, 0.05) is 0 Å². The fourth-order valence-corrected chi connectivity index (χ4v) is 5.29. The number of hydrogen-bond donors (Lipinski definition) is 0. The van der Waals surface area contributed by atoms with Gasteiger partial charge in [0.15, 0.2) is 0 Å². The van der Waals surface area contributed by atoms with Crippen LogP contribution in [0.2, 0.25) is 0 Å². The normalized spacial score (nSPS) is 18.2. The van der Waals surface area contributed by atoms with E-state index in [1.807, 2.05) is 0 Å². The molecule has 31 heavy (non-hydrogen) atoms. The van der Waals surface area contributed by atoms with Crippen LogP contribution < -0.4 is 4.89 Å². The smallest absolute Gasteiger partial charge is 0.268 e. The number of quaternary nitrogens is 1. The van der Waals surface area contributed by atoms with E-state index in [4.69, 9.17) is 9.05 Å². The summed E-state index contributed by atoms with van der Waals surface area (Å²) in [6.07, 6.45) is 23.2. The number of likely N-dealkylation sites (tertiary alicyclic amines) is 1. The zero-order chi connectivity index (χ0) is 22.7. The molecule has 1 rings (SSSR count). The Bertz CT molecular complexity index is 455. The van der Waals surface area contributed by atoms with Crippen LogP contribution in [0.15, 0.2) is 0 Å². The van der Waals surface area contributed by atoms with Gasteiger partial charge in [-0.15, -0.1) is 0 Å². The molecule has 1 unspecified atom stereocenters. The maximum absolute atomic E-state index is 11.9. The van der Waals surface area contributed by atoms with Crippen LogP contribution in [0.3, 0.4) is 0 Å². The van der Waals surface area contributed by atoms with Crippen molar-refractivity contribution in [2.75, 3.05) is 39.9 Å². The Balaban J connectivity index is 1.84. The van der Waals surface area contributed by atoms with Crippen molar-refractivity contribution in [1.82, 2.24) is 0 Å². The fraction of sp³-hybridized carbons (Fsp3) is 1.00. The lowest BCUT2D eigenvalue weighted by Crippen LogP contribution is -2.49. The highest BCUT2D eigenvalue weighted by Gasteiger charge is 2.25. The minimum Gasteiger partial charge on any atom is -0.756 e. The molecule has 1 fully saturated rings. The third kappa shape index (κ3) is 17.2. The number of likely N-dealkylation sites (N-methyl/N-ethyl adjacent to an activating group) is 1. The molecule has 0 aliphatic carbocycles. The summed E-state index contributed by atoms with van der Waals surface area (Å²) in [4.78, 5) is 11.9. The van der Waals surface area contributed by atoms with E-state index in [0.717, 1.165) is 37.0 Å². The molecule has 1 atom stereocenters. The van der Waals surface area contributed by atoms with Crippen molar-refractivity contribution in [3.05, 3.63) is 0 Å². The molecule has 186 valence electrons. The van der Waals surface area contributed by atoms with E-state index in [1.54, 1.807) is 0 Å². The predicted molar refractivity (Wildman–Crippen MR) is 129 cm³/mol. The Hall–Kier alpha value is 0.0700. The predicted octanol–water partition coefficient (Wildman–Crippen LogP) is 6.99. The van der Waals surface area contributed by atoms with Gasteiger partial charge >= 0.3 is 0 Å². The molecule has 0 aromatic rings. The molecule has 0 saturated carbocycles. The van der Waals surface area contributed by atoms with E-state index < -0.39 is 7.82 Å². The first-order valence-corrected chi connectivity index (χ1v) is 14.9. The Kier molecular flexibility index (Phi) is 17.4. The van der Waals surface area contributed by atoms with Gasteiger partial charge in [-0.2, -0.15) is 0 Å². The maximum atomic E-state index is 11.9. The molecular formula is C25H52NO4P. The lowest BCUT2D eigenvalue weighted by molar-refractivity contribution is -0.914. The molecule has 0 radical (unpaired) electrons. The first-order chi connectivity index (χ1) is 15.0. The molecule has 6 heteroatoms. The van der Waals surface area contributed by atoms with Gasteiger partial charge in [0.1, 0.15) is 13.2 Å². The second kappa shape index (κ2) is 18.5. The number of rotatable bonds is 21. The van der Waals surface area contributed by atoms with E-state index in [9.17, 15) is 9.46 Å². The summed E-state index contributed by atoms with van der Waals surface area (Å²) >= 11 is 0.